The van der Waals surface area contributed by atoms with Gasteiger partial charge in [0.25, 0.3) is 0 Å². The van der Waals surface area contributed by atoms with Gasteiger partial charge in [-0.05, 0) is 54.6 Å². The lowest BCUT2D eigenvalue weighted by molar-refractivity contribution is -0.137. The predicted octanol–water partition coefficient (Wildman–Crippen LogP) is 5.00. The normalized spacial score (nSPS) is 14.0. The molecule has 1 fully saturated rings. The van der Waals surface area contributed by atoms with Crippen LogP contribution in [0.1, 0.15) is 5.56 Å². The van der Waals surface area contributed by atoms with E-state index in [0.29, 0.717) is 52.4 Å². The highest BCUT2D eigenvalue weighted by Gasteiger charge is 2.31. The minimum absolute atomic E-state index is 0.162. The molecule has 214 valence electrons. The van der Waals surface area contributed by atoms with Crippen LogP contribution >= 0.6 is 0 Å². The summed E-state index contributed by atoms with van der Waals surface area (Å²) in [5.74, 6) is 0.0817. The molecular formula is C27H25F4N7O3. The third-order valence-electron chi connectivity index (χ3n) is 6.18. The largest absolute Gasteiger partial charge is 0.457 e. The van der Waals surface area contributed by atoms with E-state index in [1.54, 1.807) is 30.3 Å². The maximum absolute atomic E-state index is 13.9. The van der Waals surface area contributed by atoms with Crippen LogP contribution in [0.4, 0.5) is 39.7 Å². The summed E-state index contributed by atoms with van der Waals surface area (Å²) in [4.78, 5) is 34.1. The Bertz CT molecular complexity index is 1550. The van der Waals surface area contributed by atoms with Crippen LogP contribution in [0.2, 0.25) is 0 Å². The number of nitrogens with zero attached hydrogens (tertiary/aromatic N) is 2. The number of aromatic nitrogens is 2. The molecule has 0 atom stereocenters. The summed E-state index contributed by atoms with van der Waals surface area (Å²) in [7, 11) is 0. The van der Waals surface area contributed by atoms with Crippen LogP contribution in [0.15, 0.2) is 60.7 Å². The molecule has 1 aromatic heterocycles. The summed E-state index contributed by atoms with van der Waals surface area (Å²) in [6, 6.07) is 12.2. The Kier molecular flexibility index (Phi) is 8.03. The van der Waals surface area contributed by atoms with Crippen LogP contribution in [-0.2, 0) is 11.0 Å². The Morgan fingerprint density at radius 3 is 2.39 bits per heavy atom. The molecule has 0 aliphatic carbocycles. The Morgan fingerprint density at radius 1 is 0.927 bits per heavy atom. The van der Waals surface area contributed by atoms with Gasteiger partial charge in [0, 0.05) is 37.9 Å². The van der Waals surface area contributed by atoms with E-state index in [4.69, 9.17) is 4.74 Å². The van der Waals surface area contributed by atoms with E-state index in [2.05, 4.69) is 36.1 Å². The Hall–Kier alpha value is -4.69. The first-order valence-electron chi connectivity index (χ1n) is 12.6. The number of carbonyl (C=O) groups excluding carboxylic acids is 2. The molecule has 5 rings (SSSR count). The molecule has 4 aromatic rings. The molecule has 1 aliphatic rings. The molecule has 0 spiro atoms. The Labute approximate surface area is 231 Å². The number of alkyl halides is 3. The van der Waals surface area contributed by atoms with Gasteiger partial charge in [0.05, 0.1) is 28.8 Å². The van der Waals surface area contributed by atoms with E-state index in [0.717, 1.165) is 26.2 Å². The van der Waals surface area contributed by atoms with Crippen LogP contribution in [0.5, 0.6) is 11.5 Å². The van der Waals surface area contributed by atoms with Gasteiger partial charge in [-0.1, -0.05) is 0 Å². The first-order valence-corrected chi connectivity index (χ1v) is 12.6. The van der Waals surface area contributed by atoms with Crippen molar-refractivity contribution < 1.29 is 31.9 Å². The van der Waals surface area contributed by atoms with Gasteiger partial charge in [0.15, 0.2) is 0 Å². The molecule has 0 saturated carbocycles. The second kappa shape index (κ2) is 11.8. The second-order valence-electron chi connectivity index (χ2n) is 9.24. The number of carbonyl (C=O) groups is 2. The highest BCUT2D eigenvalue weighted by Crippen LogP contribution is 2.32. The standard InChI is InChI=1S/C27H25F4N7O3/c28-20-7-1-16(27(29,30)31)13-22(20)36-26(40)33-17-2-4-18(5-3-17)41-19-6-8-21-23(14-19)35-25(34-21)37-24(39)15-38-11-9-32-10-12-38/h1-8,13-14,32H,9-12,15H2,(H2,33,36,40)(H2,34,35,37,39). The molecule has 0 unspecified atom stereocenters. The van der Waals surface area contributed by atoms with Crippen LogP contribution < -0.4 is 26.0 Å². The fourth-order valence-corrected chi connectivity index (χ4v) is 4.18. The highest BCUT2D eigenvalue weighted by molar-refractivity contribution is 6.00. The maximum Gasteiger partial charge on any atom is 0.416 e. The van der Waals surface area contributed by atoms with E-state index in [1.807, 2.05) is 0 Å². The van der Waals surface area contributed by atoms with E-state index in [1.165, 1.54) is 12.1 Å². The maximum atomic E-state index is 13.9. The summed E-state index contributed by atoms with van der Waals surface area (Å²) in [6.45, 7) is 3.58. The Morgan fingerprint density at radius 2 is 1.66 bits per heavy atom. The zero-order chi connectivity index (χ0) is 29.0. The fraction of sp³-hybridized carbons (Fsp3) is 0.222. The molecule has 14 heteroatoms. The number of anilines is 3. The smallest absolute Gasteiger partial charge is 0.416 e. The fourth-order valence-electron chi connectivity index (χ4n) is 4.18. The number of piperazine rings is 1. The molecule has 5 N–H and O–H groups in total. The molecular weight excluding hydrogens is 546 g/mol. The average molecular weight is 572 g/mol. The number of imidazole rings is 1. The number of amides is 3. The molecule has 3 amide bonds. The monoisotopic (exact) mass is 571 g/mol. The van der Waals surface area contributed by atoms with E-state index >= 15 is 0 Å². The van der Waals surface area contributed by atoms with Crippen LogP contribution in [0.25, 0.3) is 11.0 Å². The SMILES string of the molecule is O=C(CN1CCNCC1)Nc1nc2ccc(Oc3ccc(NC(=O)Nc4cc(C(F)(F)F)ccc4F)cc3)cc2[nH]1. The van der Waals surface area contributed by atoms with Gasteiger partial charge in [0.1, 0.15) is 17.3 Å². The minimum atomic E-state index is -4.68. The number of benzene rings is 3. The number of halogens is 4. The van der Waals surface area contributed by atoms with Gasteiger partial charge in [-0.25, -0.2) is 14.2 Å². The number of H-pyrrole nitrogens is 1. The first kappa shape index (κ1) is 27.9. The first-order chi connectivity index (χ1) is 19.6. The van der Waals surface area contributed by atoms with Crippen molar-refractivity contribution in [1.29, 1.82) is 0 Å². The van der Waals surface area contributed by atoms with Crippen LogP contribution in [0.3, 0.4) is 0 Å². The molecule has 1 aliphatic heterocycles. The van der Waals surface area contributed by atoms with E-state index < -0.39 is 29.3 Å². The number of aromatic amines is 1. The lowest BCUT2D eigenvalue weighted by Crippen LogP contribution is -2.46. The van der Waals surface area contributed by atoms with Gasteiger partial charge in [-0.15, -0.1) is 0 Å². The van der Waals surface area contributed by atoms with Gasteiger partial charge in [-0.2, -0.15) is 13.2 Å². The van der Waals surface area contributed by atoms with Crippen molar-refractivity contribution in [3.63, 3.8) is 0 Å². The summed E-state index contributed by atoms with van der Waals surface area (Å²) in [5.41, 5.74) is -0.105. The zero-order valence-electron chi connectivity index (χ0n) is 21.4. The van der Waals surface area contributed by atoms with Crippen LogP contribution in [0, 0.1) is 5.82 Å². The molecule has 1 saturated heterocycles. The van der Waals surface area contributed by atoms with Crippen molar-refractivity contribution in [3.8, 4) is 11.5 Å². The van der Waals surface area contributed by atoms with Crippen molar-refractivity contribution in [2.75, 3.05) is 48.7 Å². The quantitative estimate of drug-likeness (QED) is 0.199. The topological polar surface area (TPSA) is 123 Å². The van der Waals surface area contributed by atoms with Gasteiger partial charge >= 0.3 is 12.2 Å². The Balaban J connectivity index is 1.16. The molecule has 0 bridgehead atoms. The lowest BCUT2D eigenvalue weighted by Gasteiger charge is -2.26. The van der Waals surface area contributed by atoms with Gasteiger partial charge in [0.2, 0.25) is 11.9 Å². The van der Waals surface area contributed by atoms with Crippen molar-refractivity contribution >= 4 is 40.3 Å². The summed E-state index contributed by atoms with van der Waals surface area (Å²) in [5, 5.41) is 10.5. The highest BCUT2D eigenvalue weighted by atomic mass is 19.4. The molecule has 41 heavy (non-hydrogen) atoms. The number of fused-ring (bicyclic) bond motifs is 1. The van der Waals surface area contributed by atoms with Gasteiger partial charge in [-0.3, -0.25) is 15.0 Å². The molecule has 0 radical (unpaired) electrons. The number of hydrogen-bond donors (Lipinski definition) is 5. The van der Waals surface area contributed by atoms with Crippen molar-refractivity contribution in [1.82, 2.24) is 20.2 Å². The van der Waals surface area contributed by atoms with Crippen molar-refractivity contribution in [3.05, 3.63) is 72.0 Å². The van der Waals surface area contributed by atoms with Crippen molar-refractivity contribution in [2.45, 2.75) is 6.18 Å². The summed E-state index contributed by atoms with van der Waals surface area (Å²) in [6.07, 6.45) is -4.68. The number of rotatable bonds is 7. The third kappa shape index (κ3) is 7.29. The van der Waals surface area contributed by atoms with E-state index in [9.17, 15) is 27.2 Å². The molecule has 10 nitrogen and oxygen atoms in total. The number of hydrogen-bond acceptors (Lipinski definition) is 6. The number of ether oxygens (including phenoxy) is 1. The molecule has 2 heterocycles. The molecule has 3 aromatic carbocycles. The predicted molar refractivity (Wildman–Crippen MR) is 145 cm³/mol. The van der Waals surface area contributed by atoms with Gasteiger partial charge < -0.3 is 25.7 Å². The lowest BCUT2D eigenvalue weighted by atomic mass is 10.2. The minimum Gasteiger partial charge on any atom is -0.457 e. The summed E-state index contributed by atoms with van der Waals surface area (Å²) >= 11 is 0. The average Bonchev–Trinajstić information content (AvgIpc) is 3.32. The van der Waals surface area contributed by atoms with Crippen LogP contribution in [-0.4, -0.2) is 59.5 Å². The van der Waals surface area contributed by atoms with E-state index in [-0.39, 0.29) is 12.5 Å². The summed E-state index contributed by atoms with van der Waals surface area (Å²) < 4.78 is 58.4. The van der Waals surface area contributed by atoms with Crippen molar-refractivity contribution in [2.24, 2.45) is 0 Å². The zero-order valence-corrected chi connectivity index (χ0v) is 21.4. The third-order valence-corrected chi connectivity index (χ3v) is 6.18. The number of nitrogens with one attached hydrogen (secondary N) is 5. The number of urea groups is 1. The second-order valence-corrected chi connectivity index (χ2v) is 9.24.